The third kappa shape index (κ3) is 4.91. The summed E-state index contributed by atoms with van der Waals surface area (Å²) < 4.78 is 18.8. The predicted molar refractivity (Wildman–Crippen MR) is 103 cm³/mol. The van der Waals surface area contributed by atoms with Crippen LogP contribution in [0.3, 0.4) is 0 Å². The maximum atomic E-state index is 12.4. The molecule has 2 heterocycles. The van der Waals surface area contributed by atoms with E-state index < -0.39 is 0 Å². The van der Waals surface area contributed by atoms with E-state index in [9.17, 15) is 4.79 Å². The van der Waals surface area contributed by atoms with Gasteiger partial charge >= 0.3 is 0 Å². The van der Waals surface area contributed by atoms with Gasteiger partial charge in [0.15, 0.2) is 0 Å². The van der Waals surface area contributed by atoms with Gasteiger partial charge in [0.25, 0.3) is 0 Å². The molecule has 27 heavy (non-hydrogen) atoms. The van der Waals surface area contributed by atoms with Crippen molar-refractivity contribution in [3.8, 4) is 11.5 Å². The molecule has 2 aromatic rings. The van der Waals surface area contributed by atoms with E-state index in [2.05, 4.69) is 15.2 Å². The number of nitrogens with one attached hydrogen (secondary N) is 1. The van der Waals surface area contributed by atoms with E-state index in [-0.39, 0.29) is 12.5 Å². The number of anilines is 2. The highest BCUT2D eigenvalue weighted by Crippen LogP contribution is 2.39. The molecule has 1 saturated heterocycles. The van der Waals surface area contributed by atoms with E-state index >= 15 is 0 Å². The molecule has 0 saturated carbocycles. The molecule has 8 nitrogen and oxygen atoms in total. The van der Waals surface area contributed by atoms with Gasteiger partial charge in [0.1, 0.15) is 18.0 Å². The average molecular weight is 374 g/mol. The molecule has 0 bridgehead atoms. The summed E-state index contributed by atoms with van der Waals surface area (Å²) in [4.78, 5) is 18.6. The van der Waals surface area contributed by atoms with E-state index in [1.807, 2.05) is 26.0 Å². The number of nitrogens with zero attached hydrogens (tertiary/aromatic N) is 3. The molecule has 1 amide bonds. The van der Waals surface area contributed by atoms with Crippen LogP contribution in [0.1, 0.15) is 13.8 Å². The van der Waals surface area contributed by atoms with Crippen LogP contribution >= 0.6 is 0 Å². The minimum Gasteiger partial charge on any atom is -0.492 e. The Bertz CT molecular complexity index is 742. The van der Waals surface area contributed by atoms with Gasteiger partial charge in [-0.25, -0.2) is 4.98 Å². The standard InChI is InChI=1S/C19H26N4O4/c1-3-26-17-12-16(23-7-9-25-10-8-23)18(27-4-2)11-15(17)21-19(24)13-22-6-5-20-14-22/h5-6,11-12,14H,3-4,7-10,13H2,1-2H3,(H,21,24). The van der Waals surface area contributed by atoms with Crippen molar-refractivity contribution in [1.82, 2.24) is 9.55 Å². The molecule has 0 unspecified atom stereocenters. The third-order valence-corrected chi connectivity index (χ3v) is 4.17. The van der Waals surface area contributed by atoms with E-state index in [1.165, 1.54) is 0 Å². The van der Waals surface area contributed by atoms with Gasteiger partial charge in [0.2, 0.25) is 5.91 Å². The zero-order chi connectivity index (χ0) is 19.1. The highest BCUT2D eigenvalue weighted by Gasteiger charge is 2.20. The lowest BCUT2D eigenvalue weighted by Gasteiger charge is -2.31. The number of imidazole rings is 1. The van der Waals surface area contributed by atoms with Gasteiger partial charge in [-0.2, -0.15) is 0 Å². The number of benzene rings is 1. The number of carbonyl (C=O) groups excluding carboxylic acids is 1. The number of rotatable bonds is 8. The Hall–Kier alpha value is -2.74. The summed E-state index contributed by atoms with van der Waals surface area (Å²) in [5, 5.41) is 2.93. The molecule has 0 aliphatic carbocycles. The number of ether oxygens (including phenoxy) is 3. The van der Waals surface area contributed by atoms with Crippen molar-refractivity contribution in [1.29, 1.82) is 0 Å². The minimum atomic E-state index is -0.157. The van der Waals surface area contributed by atoms with Gasteiger partial charge in [-0.1, -0.05) is 0 Å². The smallest absolute Gasteiger partial charge is 0.244 e. The molecular weight excluding hydrogens is 348 g/mol. The highest BCUT2D eigenvalue weighted by molar-refractivity contribution is 5.93. The number of amides is 1. The van der Waals surface area contributed by atoms with Crippen LogP contribution in [0, 0.1) is 0 Å². The van der Waals surface area contributed by atoms with E-state index in [1.54, 1.807) is 23.3 Å². The van der Waals surface area contributed by atoms with Gasteiger partial charge in [0.05, 0.1) is 44.1 Å². The van der Waals surface area contributed by atoms with Gasteiger partial charge < -0.3 is 29.0 Å². The van der Waals surface area contributed by atoms with Crippen molar-refractivity contribution in [2.45, 2.75) is 20.4 Å². The zero-order valence-corrected chi connectivity index (χ0v) is 15.8. The molecule has 1 fully saturated rings. The molecule has 8 heteroatoms. The minimum absolute atomic E-state index is 0.157. The summed E-state index contributed by atoms with van der Waals surface area (Å²) in [7, 11) is 0. The first kappa shape index (κ1) is 19.0. The Morgan fingerprint density at radius 1 is 1.19 bits per heavy atom. The lowest BCUT2D eigenvalue weighted by Crippen LogP contribution is -2.36. The lowest BCUT2D eigenvalue weighted by molar-refractivity contribution is -0.116. The molecule has 1 aliphatic rings. The van der Waals surface area contributed by atoms with Crippen LogP contribution in [-0.2, 0) is 16.1 Å². The summed E-state index contributed by atoms with van der Waals surface area (Å²) in [5.41, 5.74) is 1.55. The fraction of sp³-hybridized carbons (Fsp3) is 0.474. The van der Waals surface area contributed by atoms with Crippen LogP contribution in [-0.4, -0.2) is 55.0 Å². The monoisotopic (exact) mass is 374 g/mol. The SMILES string of the molecule is CCOc1cc(N2CCOCC2)c(OCC)cc1NC(=O)Cn1ccnc1. The molecule has 1 aromatic heterocycles. The highest BCUT2D eigenvalue weighted by atomic mass is 16.5. The van der Waals surface area contributed by atoms with Crippen LogP contribution in [0.5, 0.6) is 11.5 Å². The number of hydrogen-bond acceptors (Lipinski definition) is 6. The molecule has 1 aliphatic heterocycles. The lowest BCUT2D eigenvalue weighted by atomic mass is 10.2. The fourth-order valence-corrected chi connectivity index (χ4v) is 2.98. The van der Waals surface area contributed by atoms with E-state index in [4.69, 9.17) is 14.2 Å². The summed E-state index contributed by atoms with van der Waals surface area (Å²) in [6.45, 7) is 8.02. The molecule has 1 N–H and O–H groups in total. The number of carbonyl (C=O) groups is 1. The Labute approximate surface area is 159 Å². The van der Waals surface area contributed by atoms with E-state index in [0.717, 1.165) is 24.5 Å². The predicted octanol–water partition coefficient (Wildman–Crippen LogP) is 2.16. The average Bonchev–Trinajstić information content (AvgIpc) is 3.17. The third-order valence-electron chi connectivity index (χ3n) is 4.17. The second-order valence-corrected chi connectivity index (χ2v) is 6.06. The van der Waals surface area contributed by atoms with Gasteiger partial charge in [0, 0.05) is 37.6 Å². The first-order valence-electron chi connectivity index (χ1n) is 9.23. The van der Waals surface area contributed by atoms with Crippen molar-refractivity contribution in [3.05, 3.63) is 30.9 Å². The Kier molecular flexibility index (Phi) is 6.54. The van der Waals surface area contributed by atoms with Gasteiger partial charge in [-0.15, -0.1) is 0 Å². The second-order valence-electron chi connectivity index (χ2n) is 6.06. The van der Waals surface area contributed by atoms with E-state index in [0.29, 0.717) is 37.9 Å². The van der Waals surface area contributed by atoms with Crippen molar-refractivity contribution in [3.63, 3.8) is 0 Å². The maximum Gasteiger partial charge on any atom is 0.244 e. The van der Waals surface area contributed by atoms with Gasteiger partial charge in [-0.05, 0) is 13.8 Å². The fourth-order valence-electron chi connectivity index (χ4n) is 2.98. The quantitative estimate of drug-likeness (QED) is 0.763. The van der Waals surface area contributed by atoms with Crippen LogP contribution < -0.4 is 19.7 Å². The summed E-state index contributed by atoms with van der Waals surface area (Å²) in [6.07, 6.45) is 5.00. The Balaban J connectivity index is 1.86. The van der Waals surface area contributed by atoms with Crippen LogP contribution in [0.4, 0.5) is 11.4 Å². The topological polar surface area (TPSA) is 77.9 Å². The van der Waals surface area contributed by atoms with Crippen molar-refractivity contribution in [2.75, 3.05) is 49.7 Å². The Morgan fingerprint density at radius 2 is 1.93 bits per heavy atom. The van der Waals surface area contributed by atoms with Crippen LogP contribution in [0.25, 0.3) is 0 Å². The molecular formula is C19H26N4O4. The van der Waals surface area contributed by atoms with Gasteiger partial charge in [-0.3, -0.25) is 4.79 Å². The Morgan fingerprint density at radius 3 is 2.59 bits per heavy atom. The molecule has 0 atom stereocenters. The van der Waals surface area contributed by atoms with Crippen LogP contribution in [0.2, 0.25) is 0 Å². The summed E-state index contributed by atoms with van der Waals surface area (Å²) in [6, 6.07) is 3.78. The number of aromatic nitrogens is 2. The van der Waals surface area contributed by atoms with Crippen LogP contribution in [0.15, 0.2) is 30.9 Å². The molecule has 0 spiro atoms. The summed E-state index contributed by atoms with van der Waals surface area (Å²) >= 11 is 0. The number of hydrogen-bond donors (Lipinski definition) is 1. The van der Waals surface area contributed by atoms with Crippen molar-refractivity contribution < 1.29 is 19.0 Å². The van der Waals surface area contributed by atoms with Crippen molar-refractivity contribution in [2.24, 2.45) is 0 Å². The largest absolute Gasteiger partial charge is 0.492 e. The molecule has 0 radical (unpaired) electrons. The molecule has 3 rings (SSSR count). The normalized spacial score (nSPS) is 14.1. The zero-order valence-electron chi connectivity index (χ0n) is 15.8. The van der Waals surface area contributed by atoms with Crippen molar-refractivity contribution >= 4 is 17.3 Å². The molecule has 1 aromatic carbocycles. The first-order valence-corrected chi connectivity index (χ1v) is 9.23. The number of morpholine rings is 1. The summed E-state index contributed by atoms with van der Waals surface area (Å²) in [5.74, 6) is 1.19. The molecule has 146 valence electrons. The first-order chi connectivity index (χ1) is 13.2. The maximum absolute atomic E-state index is 12.4. The second kappa shape index (κ2) is 9.27.